The van der Waals surface area contributed by atoms with E-state index in [2.05, 4.69) is 15.6 Å². The van der Waals surface area contributed by atoms with E-state index in [1.807, 2.05) is 0 Å². The topological polar surface area (TPSA) is 71.1 Å². The van der Waals surface area contributed by atoms with Gasteiger partial charge < -0.3 is 10.6 Å². The van der Waals surface area contributed by atoms with Crippen LogP contribution in [0.25, 0.3) is 0 Å². The van der Waals surface area contributed by atoms with Crippen LogP contribution in [0.15, 0.2) is 36.4 Å². The molecule has 2 N–H and O–H groups in total. The molecule has 100 valence electrons. The van der Waals surface area contributed by atoms with Crippen LogP contribution in [0.1, 0.15) is 15.9 Å². The summed E-state index contributed by atoms with van der Waals surface area (Å²) in [6, 6.07) is 9.07. The van der Waals surface area contributed by atoms with E-state index in [1.54, 1.807) is 18.2 Å². The highest BCUT2D eigenvalue weighted by atomic mass is 19.1. The largest absolute Gasteiger partial charge is 0.326 e. The first-order valence-electron chi connectivity index (χ1n) is 5.98. The lowest BCUT2D eigenvalue weighted by molar-refractivity contribution is -0.115. The zero-order valence-electron chi connectivity index (χ0n) is 10.3. The Morgan fingerprint density at radius 3 is 2.95 bits per heavy atom. The molecule has 0 saturated carbocycles. The Morgan fingerprint density at radius 2 is 2.15 bits per heavy atom. The van der Waals surface area contributed by atoms with Crippen molar-refractivity contribution in [3.05, 3.63) is 53.5 Å². The summed E-state index contributed by atoms with van der Waals surface area (Å²) in [5.41, 5.74) is 1.89. The number of amides is 2. The smallest absolute Gasteiger partial charge is 0.256 e. The number of nitrogens with zero attached hydrogens (tertiary/aromatic N) is 1. The maximum Gasteiger partial charge on any atom is 0.256 e. The first-order chi connectivity index (χ1) is 9.61. The quantitative estimate of drug-likeness (QED) is 0.820. The Morgan fingerprint density at radius 1 is 1.30 bits per heavy atom. The fraction of sp³-hybridized carbons (Fsp3) is 0.0714. The highest BCUT2D eigenvalue weighted by Gasteiger charge is 2.19. The van der Waals surface area contributed by atoms with E-state index >= 15 is 0 Å². The fourth-order valence-corrected chi connectivity index (χ4v) is 2.04. The van der Waals surface area contributed by atoms with Crippen LogP contribution in [-0.2, 0) is 11.2 Å². The molecule has 2 aromatic rings. The average Bonchev–Trinajstić information content (AvgIpc) is 2.77. The summed E-state index contributed by atoms with van der Waals surface area (Å²) in [5, 5.41) is 5.19. The molecule has 1 aliphatic heterocycles. The molecule has 2 amide bonds. The molecular formula is C14H10FN3O2. The Bertz CT molecular complexity index is 715. The third kappa shape index (κ3) is 2.35. The van der Waals surface area contributed by atoms with Gasteiger partial charge in [-0.2, -0.15) is 4.39 Å². The Hall–Kier alpha value is -2.76. The van der Waals surface area contributed by atoms with Crippen molar-refractivity contribution in [2.45, 2.75) is 6.42 Å². The number of fused-ring (bicyclic) bond motifs is 1. The van der Waals surface area contributed by atoms with E-state index in [4.69, 9.17) is 0 Å². The standard InChI is InChI=1S/C14H10FN3O2/c15-11-2-1-3-12(17-11)18-14(20)8-4-5-10-9(6-8)7-13(19)16-10/h1-6H,7H2,(H,16,19)(H,17,18,20). The molecule has 0 bridgehead atoms. The molecule has 0 fully saturated rings. The maximum absolute atomic E-state index is 12.9. The van der Waals surface area contributed by atoms with Crippen LogP contribution in [0.5, 0.6) is 0 Å². The fourth-order valence-electron chi connectivity index (χ4n) is 2.04. The SMILES string of the molecule is O=C1Cc2cc(C(=O)Nc3cccc(F)n3)ccc2N1. The van der Waals surface area contributed by atoms with Crippen LogP contribution in [-0.4, -0.2) is 16.8 Å². The molecule has 0 atom stereocenters. The highest BCUT2D eigenvalue weighted by molar-refractivity contribution is 6.06. The minimum atomic E-state index is -0.661. The van der Waals surface area contributed by atoms with Crippen LogP contribution in [0.2, 0.25) is 0 Å². The second-order valence-corrected chi connectivity index (χ2v) is 4.40. The summed E-state index contributed by atoms with van der Waals surface area (Å²) >= 11 is 0. The molecule has 2 heterocycles. The summed E-state index contributed by atoms with van der Waals surface area (Å²) in [5.74, 6) is -1.01. The normalized spacial score (nSPS) is 12.8. The lowest BCUT2D eigenvalue weighted by Crippen LogP contribution is -2.13. The molecule has 20 heavy (non-hydrogen) atoms. The molecular weight excluding hydrogens is 261 g/mol. The Kier molecular flexibility index (Phi) is 2.90. The predicted molar refractivity (Wildman–Crippen MR) is 70.9 cm³/mol. The Labute approximate surface area is 113 Å². The molecule has 0 unspecified atom stereocenters. The summed E-state index contributed by atoms with van der Waals surface area (Å²) in [4.78, 5) is 26.8. The van der Waals surface area contributed by atoms with Crippen molar-refractivity contribution in [2.24, 2.45) is 0 Å². The van der Waals surface area contributed by atoms with E-state index < -0.39 is 11.9 Å². The molecule has 1 aliphatic rings. The zero-order valence-corrected chi connectivity index (χ0v) is 10.3. The monoisotopic (exact) mass is 271 g/mol. The summed E-state index contributed by atoms with van der Waals surface area (Å²) in [6.07, 6.45) is 0.259. The van der Waals surface area contributed by atoms with Gasteiger partial charge >= 0.3 is 0 Å². The maximum atomic E-state index is 12.9. The van der Waals surface area contributed by atoms with E-state index in [-0.39, 0.29) is 18.1 Å². The van der Waals surface area contributed by atoms with Crippen LogP contribution in [0, 0.1) is 5.95 Å². The van der Waals surface area contributed by atoms with E-state index in [0.29, 0.717) is 5.56 Å². The lowest BCUT2D eigenvalue weighted by Gasteiger charge is -2.06. The number of hydrogen-bond acceptors (Lipinski definition) is 3. The number of hydrogen-bond donors (Lipinski definition) is 2. The molecule has 0 radical (unpaired) electrons. The molecule has 1 aromatic carbocycles. The number of rotatable bonds is 2. The number of pyridine rings is 1. The summed E-state index contributed by atoms with van der Waals surface area (Å²) in [7, 11) is 0. The number of anilines is 2. The van der Waals surface area contributed by atoms with Crippen molar-refractivity contribution in [3.63, 3.8) is 0 Å². The van der Waals surface area contributed by atoms with Crippen molar-refractivity contribution >= 4 is 23.3 Å². The van der Waals surface area contributed by atoms with Gasteiger partial charge in [0, 0.05) is 11.3 Å². The Balaban J connectivity index is 1.81. The average molecular weight is 271 g/mol. The van der Waals surface area contributed by atoms with Gasteiger partial charge in [-0.25, -0.2) is 4.98 Å². The molecule has 6 heteroatoms. The molecule has 3 rings (SSSR count). The third-order valence-electron chi connectivity index (χ3n) is 2.95. The number of carbonyl (C=O) groups is 2. The number of halogens is 1. The van der Waals surface area contributed by atoms with Crippen LogP contribution < -0.4 is 10.6 Å². The second-order valence-electron chi connectivity index (χ2n) is 4.40. The first-order valence-corrected chi connectivity index (χ1v) is 5.98. The third-order valence-corrected chi connectivity index (χ3v) is 2.95. The van der Waals surface area contributed by atoms with Crippen LogP contribution in [0.3, 0.4) is 0 Å². The van der Waals surface area contributed by atoms with Crippen molar-refractivity contribution in [1.82, 2.24) is 4.98 Å². The molecule has 1 aromatic heterocycles. The molecule has 5 nitrogen and oxygen atoms in total. The molecule has 0 aliphatic carbocycles. The van der Waals surface area contributed by atoms with Gasteiger partial charge in [-0.15, -0.1) is 0 Å². The lowest BCUT2D eigenvalue weighted by atomic mass is 10.1. The number of aromatic nitrogens is 1. The number of carbonyl (C=O) groups excluding carboxylic acids is 2. The van der Waals surface area contributed by atoms with E-state index in [0.717, 1.165) is 11.3 Å². The molecule has 0 saturated heterocycles. The zero-order chi connectivity index (χ0) is 14.1. The van der Waals surface area contributed by atoms with Gasteiger partial charge in [0.1, 0.15) is 5.82 Å². The van der Waals surface area contributed by atoms with Gasteiger partial charge in [0.15, 0.2) is 0 Å². The number of benzene rings is 1. The number of nitrogens with one attached hydrogen (secondary N) is 2. The van der Waals surface area contributed by atoms with Gasteiger partial charge in [-0.05, 0) is 35.9 Å². The second kappa shape index (κ2) is 4.73. The summed E-state index contributed by atoms with van der Waals surface area (Å²) in [6.45, 7) is 0. The highest BCUT2D eigenvalue weighted by Crippen LogP contribution is 2.24. The minimum absolute atomic E-state index is 0.0932. The van der Waals surface area contributed by atoms with Gasteiger partial charge in [-0.3, -0.25) is 9.59 Å². The van der Waals surface area contributed by atoms with Gasteiger partial charge in [0.25, 0.3) is 5.91 Å². The van der Waals surface area contributed by atoms with E-state index in [9.17, 15) is 14.0 Å². The van der Waals surface area contributed by atoms with Gasteiger partial charge in [-0.1, -0.05) is 6.07 Å². The van der Waals surface area contributed by atoms with Gasteiger partial charge in [0.05, 0.1) is 6.42 Å². The van der Waals surface area contributed by atoms with E-state index in [1.165, 1.54) is 18.2 Å². The summed E-state index contributed by atoms with van der Waals surface area (Å²) < 4.78 is 12.9. The molecule has 0 spiro atoms. The van der Waals surface area contributed by atoms with Crippen molar-refractivity contribution in [1.29, 1.82) is 0 Å². The minimum Gasteiger partial charge on any atom is -0.326 e. The van der Waals surface area contributed by atoms with Crippen LogP contribution >= 0.6 is 0 Å². The van der Waals surface area contributed by atoms with Gasteiger partial charge in [0.2, 0.25) is 11.9 Å². The van der Waals surface area contributed by atoms with Crippen LogP contribution in [0.4, 0.5) is 15.9 Å². The van der Waals surface area contributed by atoms with Crippen molar-refractivity contribution in [3.8, 4) is 0 Å². The first kappa shape index (κ1) is 12.3. The van der Waals surface area contributed by atoms with Crippen molar-refractivity contribution in [2.75, 3.05) is 10.6 Å². The van der Waals surface area contributed by atoms with Crippen molar-refractivity contribution < 1.29 is 14.0 Å². The predicted octanol–water partition coefficient (Wildman–Crippen LogP) is 1.97.